The summed E-state index contributed by atoms with van der Waals surface area (Å²) < 4.78 is 6.16. The Bertz CT molecular complexity index is 633. The predicted octanol–water partition coefficient (Wildman–Crippen LogP) is 4.48. The number of benzene rings is 1. The van der Waals surface area contributed by atoms with Gasteiger partial charge in [0, 0.05) is 24.3 Å². The molecule has 2 heterocycles. The van der Waals surface area contributed by atoms with Crippen LogP contribution in [0.1, 0.15) is 29.5 Å². The molecule has 3 nitrogen and oxygen atoms in total. The molecule has 1 fully saturated rings. The lowest BCUT2D eigenvalue weighted by Crippen LogP contribution is -2.32. The zero-order chi connectivity index (χ0) is 16.1. The zero-order valence-corrected chi connectivity index (χ0v) is 14.7. The molecule has 23 heavy (non-hydrogen) atoms. The number of para-hydroxylation sites is 1. The van der Waals surface area contributed by atoms with E-state index in [9.17, 15) is 0 Å². The van der Waals surface area contributed by atoms with Crippen LogP contribution in [-0.2, 0) is 6.54 Å². The lowest BCUT2D eigenvalue weighted by molar-refractivity contribution is 0.435. The third kappa shape index (κ3) is 4.27. The fraction of sp³-hybridized carbons (Fsp3) is 0.421. The number of hydrogen-bond acceptors (Lipinski definition) is 4. The summed E-state index contributed by atoms with van der Waals surface area (Å²) in [6, 6.07) is 10.9. The molecule has 3 rings (SSSR count). The summed E-state index contributed by atoms with van der Waals surface area (Å²) in [5, 5.41) is 3.66. The van der Waals surface area contributed by atoms with Crippen LogP contribution in [0.2, 0.25) is 0 Å². The Labute approximate surface area is 142 Å². The van der Waals surface area contributed by atoms with E-state index in [1.165, 1.54) is 24.3 Å². The Morgan fingerprint density at radius 3 is 2.61 bits per heavy atom. The van der Waals surface area contributed by atoms with Crippen molar-refractivity contribution in [1.82, 2.24) is 10.3 Å². The Morgan fingerprint density at radius 2 is 1.87 bits per heavy atom. The molecular formula is C19H24N2OS. The van der Waals surface area contributed by atoms with Crippen molar-refractivity contribution in [3.05, 3.63) is 53.2 Å². The first kappa shape index (κ1) is 16.3. The summed E-state index contributed by atoms with van der Waals surface area (Å²) in [6.07, 6.45) is 4.29. The van der Waals surface area contributed by atoms with Crippen LogP contribution in [0, 0.1) is 13.8 Å². The topological polar surface area (TPSA) is 34.1 Å². The average molecular weight is 328 g/mol. The van der Waals surface area contributed by atoms with Gasteiger partial charge in [0.25, 0.3) is 0 Å². The maximum Gasteiger partial charge on any atom is 0.223 e. The van der Waals surface area contributed by atoms with Crippen molar-refractivity contribution >= 4 is 11.8 Å². The Hall–Kier alpha value is -1.52. The molecule has 0 bridgehead atoms. The van der Waals surface area contributed by atoms with Crippen LogP contribution in [0.4, 0.5) is 0 Å². The quantitative estimate of drug-likeness (QED) is 0.878. The number of nitrogens with one attached hydrogen (secondary N) is 1. The van der Waals surface area contributed by atoms with E-state index in [4.69, 9.17) is 4.74 Å². The molecule has 4 heteroatoms. The number of hydrogen-bond donors (Lipinski definition) is 1. The van der Waals surface area contributed by atoms with Crippen LogP contribution < -0.4 is 10.1 Å². The first-order valence-electron chi connectivity index (χ1n) is 8.23. The Kier molecular flexibility index (Phi) is 5.57. The molecule has 1 aliphatic heterocycles. The van der Waals surface area contributed by atoms with Gasteiger partial charge >= 0.3 is 0 Å². The van der Waals surface area contributed by atoms with Crippen molar-refractivity contribution in [2.24, 2.45) is 0 Å². The molecule has 1 aromatic carbocycles. The number of aryl methyl sites for hydroxylation is 2. The highest BCUT2D eigenvalue weighted by molar-refractivity contribution is 7.99. The molecule has 122 valence electrons. The second-order valence-electron chi connectivity index (χ2n) is 6.06. The molecule has 1 aliphatic rings. The first-order chi connectivity index (χ1) is 11.2. The van der Waals surface area contributed by atoms with Crippen molar-refractivity contribution in [2.45, 2.75) is 39.3 Å². The monoisotopic (exact) mass is 328 g/mol. The van der Waals surface area contributed by atoms with E-state index in [-0.39, 0.29) is 0 Å². The van der Waals surface area contributed by atoms with E-state index in [1.54, 1.807) is 6.20 Å². The summed E-state index contributed by atoms with van der Waals surface area (Å²) in [5.41, 5.74) is 3.39. The summed E-state index contributed by atoms with van der Waals surface area (Å²) in [5.74, 6) is 4.15. The molecule has 0 aliphatic carbocycles. The Morgan fingerprint density at radius 1 is 1.13 bits per heavy atom. The van der Waals surface area contributed by atoms with Gasteiger partial charge in [-0.2, -0.15) is 11.8 Å². The smallest absolute Gasteiger partial charge is 0.223 e. The van der Waals surface area contributed by atoms with Crippen LogP contribution in [0.3, 0.4) is 0 Å². The van der Waals surface area contributed by atoms with E-state index in [1.807, 2.05) is 6.07 Å². The second-order valence-corrected chi connectivity index (χ2v) is 7.28. The van der Waals surface area contributed by atoms with Gasteiger partial charge in [-0.3, -0.25) is 0 Å². The van der Waals surface area contributed by atoms with Crippen LogP contribution in [0.15, 0.2) is 36.5 Å². The van der Waals surface area contributed by atoms with E-state index in [0.29, 0.717) is 11.9 Å². The molecule has 0 saturated carbocycles. The second kappa shape index (κ2) is 7.84. The maximum atomic E-state index is 6.16. The van der Waals surface area contributed by atoms with Crippen molar-refractivity contribution in [3.63, 3.8) is 0 Å². The van der Waals surface area contributed by atoms with Gasteiger partial charge in [0.05, 0.1) is 0 Å². The average Bonchev–Trinajstić information content (AvgIpc) is 2.58. The zero-order valence-electron chi connectivity index (χ0n) is 13.8. The van der Waals surface area contributed by atoms with Gasteiger partial charge in [-0.1, -0.05) is 24.3 Å². The molecule has 0 atom stereocenters. The molecule has 1 aromatic heterocycles. The summed E-state index contributed by atoms with van der Waals surface area (Å²) in [6.45, 7) is 4.95. The molecule has 1 saturated heterocycles. The largest absolute Gasteiger partial charge is 0.438 e. The molecule has 2 aromatic rings. The van der Waals surface area contributed by atoms with Crippen molar-refractivity contribution in [2.75, 3.05) is 11.5 Å². The standard InChI is InChI=1S/C19H24N2OS/c1-14-5-3-6-15(2)18(14)22-19-16(7-4-10-20-19)13-21-17-8-11-23-12-9-17/h3-7,10,17,21H,8-9,11-13H2,1-2H3. The van der Waals surface area contributed by atoms with E-state index >= 15 is 0 Å². The van der Waals surface area contributed by atoms with Crippen LogP contribution in [0.25, 0.3) is 0 Å². The summed E-state index contributed by atoms with van der Waals surface area (Å²) in [4.78, 5) is 4.45. The molecule has 1 N–H and O–H groups in total. The van der Waals surface area contributed by atoms with Gasteiger partial charge in [-0.25, -0.2) is 4.98 Å². The Balaban J connectivity index is 1.72. The van der Waals surface area contributed by atoms with Crippen LogP contribution in [0.5, 0.6) is 11.6 Å². The molecule has 0 spiro atoms. The third-order valence-electron chi connectivity index (χ3n) is 4.26. The summed E-state index contributed by atoms with van der Waals surface area (Å²) in [7, 11) is 0. The minimum atomic E-state index is 0.615. The van der Waals surface area contributed by atoms with Crippen molar-refractivity contribution in [1.29, 1.82) is 0 Å². The van der Waals surface area contributed by atoms with Gasteiger partial charge in [0.1, 0.15) is 5.75 Å². The first-order valence-corrected chi connectivity index (χ1v) is 9.38. The fourth-order valence-electron chi connectivity index (χ4n) is 2.86. The van der Waals surface area contributed by atoms with Gasteiger partial charge in [-0.15, -0.1) is 0 Å². The SMILES string of the molecule is Cc1cccc(C)c1Oc1ncccc1CNC1CCSCC1. The lowest BCUT2D eigenvalue weighted by atomic mass is 10.1. The highest BCUT2D eigenvalue weighted by Crippen LogP contribution is 2.29. The van der Waals surface area contributed by atoms with Gasteiger partial charge in [0.2, 0.25) is 5.88 Å². The van der Waals surface area contributed by atoms with E-state index < -0.39 is 0 Å². The van der Waals surface area contributed by atoms with E-state index in [0.717, 1.165) is 29.0 Å². The number of thioether (sulfide) groups is 1. The van der Waals surface area contributed by atoms with Gasteiger partial charge < -0.3 is 10.1 Å². The highest BCUT2D eigenvalue weighted by atomic mass is 32.2. The van der Waals surface area contributed by atoms with Gasteiger partial charge in [-0.05, 0) is 55.4 Å². The van der Waals surface area contributed by atoms with Crippen molar-refractivity contribution < 1.29 is 4.74 Å². The molecule has 0 amide bonds. The number of aromatic nitrogens is 1. The molecular weight excluding hydrogens is 304 g/mol. The third-order valence-corrected chi connectivity index (χ3v) is 5.31. The molecule has 0 radical (unpaired) electrons. The lowest BCUT2D eigenvalue weighted by Gasteiger charge is -2.23. The maximum absolute atomic E-state index is 6.16. The highest BCUT2D eigenvalue weighted by Gasteiger charge is 2.15. The van der Waals surface area contributed by atoms with Crippen LogP contribution in [-0.4, -0.2) is 22.5 Å². The minimum Gasteiger partial charge on any atom is -0.438 e. The summed E-state index contributed by atoms with van der Waals surface area (Å²) >= 11 is 2.05. The number of ether oxygens (including phenoxy) is 1. The minimum absolute atomic E-state index is 0.615. The number of rotatable bonds is 5. The van der Waals surface area contributed by atoms with E-state index in [2.05, 4.69) is 60.2 Å². The van der Waals surface area contributed by atoms with Crippen LogP contribution >= 0.6 is 11.8 Å². The fourth-order valence-corrected chi connectivity index (χ4v) is 3.97. The van der Waals surface area contributed by atoms with Crippen molar-refractivity contribution in [3.8, 4) is 11.6 Å². The normalized spacial score (nSPS) is 15.6. The molecule has 0 unspecified atom stereocenters. The van der Waals surface area contributed by atoms with Gasteiger partial charge in [0.15, 0.2) is 0 Å². The predicted molar refractivity (Wildman–Crippen MR) is 97.4 cm³/mol. The number of nitrogens with zero attached hydrogens (tertiary/aromatic N) is 1. The number of pyridine rings is 1.